The van der Waals surface area contributed by atoms with Gasteiger partial charge < -0.3 is 20.5 Å². The highest BCUT2D eigenvalue weighted by atomic mass is 16.5. The van der Waals surface area contributed by atoms with Gasteiger partial charge in [0.25, 0.3) is 0 Å². The van der Waals surface area contributed by atoms with Crippen LogP contribution in [0.5, 0.6) is 0 Å². The third-order valence-electron chi connectivity index (χ3n) is 2.02. The summed E-state index contributed by atoms with van der Waals surface area (Å²) in [6, 6.07) is -0.229. The molecule has 5 nitrogen and oxygen atoms in total. The Kier molecular flexibility index (Phi) is 3.98. The van der Waals surface area contributed by atoms with Gasteiger partial charge in [-0.25, -0.2) is 4.79 Å². The zero-order chi connectivity index (χ0) is 9.68. The van der Waals surface area contributed by atoms with E-state index in [4.69, 9.17) is 4.74 Å². The molecular weight excluding hydrogens is 172 g/mol. The summed E-state index contributed by atoms with van der Waals surface area (Å²) in [6.07, 6.45) is -0.266. The molecule has 1 aliphatic heterocycles. The number of hydrogen-bond donors (Lipinski definition) is 3. The molecule has 1 amide bonds. The first-order valence-electron chi connectivity index (χ1n) is 4.56. The third kappa shape index (κ3) is 3.20. The number of piperidine rings is 1. The number of aliphatic hydroxyl groups is 1. The Morgan fingerprint density at radius 1 is 1.77 bits per heavy atom. The molecule has 0 aromatic rings. The molecule has 1 saturated heterocycles. The van der Waals surface area contributed by atoms with Crippen LogP contribution in [0, 0.1) is 0 Å². The molecule has 76 valence electrons. The van der Waals surface area contributed by atoms with Gasteiger partial charge in [-0.2, -0.15) is 0 Å². The van der Waals surface area contributed by atoms with Crippen molar-refractivity contribution in [1.29, 1.82) is 0 Å². The van der Waals surface area contributed by atoms with Crippen molar-refractivity contribution in [1.82, 2.24) is 10.6 Å². The number of alkyl carbamates (subject to hydrolysis) is 1. The molecular formula is C8H16N2O3. The van der Waals surface area contributed by atoms with Crippen LogP contribution >= 0.6 is 0 Å². The van der Waals surface area contributed by atoms with Crippen molar-refractivity contribution < 1.29 is 14.6 Å². The SMILES string of the molecule is CCOC(=O)NC1CNCCC1O. The average Bonchev–Trinajstić information content (AvgIpc) is 2.09. The Morgan fingerprint density at radius 2 is 2.54 bits per heavy atom. The minimum absolute atomic E-state index is 0.229. The first kappa shape index (κ1) is 10.3. The Hall–Kier alpha value is -0.810. The highest BCUT2D eigenvalue weighted by Gasteiger charge is 2.24. The van der Waals surface area contributed by atoms with Crippen LogP contribution in [0.25, 0.3) is 0 Å². The fourth-order valence-electron chi connectivity index (χ4n) is 1.32. The normalized spacial score (nSPS) is 28.2. The molecule has 13 heavy (non-hydrogen) atoms. The summed E-state index contributed by atoms with van der Waals surface area (Å²) in [7, 11) is 0. The number of amides is 1. The van der Waals surface area contributed by atoms with Gasteiger partial charge >= 0.3 is 6.09 Å². The van der Waals surface area contributed by atoms with E-state index in [1.807, 2.05) is 0 Å². The van der Waals surface area contributed by atoms with Crippen molar-refractivity contribution in [2.45, 2.75) is 25.5 Å². The second-order valence-electron chi connectivity index (χ2n) is 3.03. The molecule has 0 spiro atoms. The smallest absolute Gasteiger partial charge is 0.407 e. The van der Waals surface area contributed by atoms with Crippen LogP contribution in [0.1, 0.15) is 13.3 Å². The molecule has 0 aromatic heterocycles. The van der Waals surface area contributed by atoms with Crippen molar-refractivity contribution >= 4 is 6.09 Å². The molecule has 1 aliphatic rings. The summed E-state index contributed by atoms with van der Waals surface area (Å²) in [5.41, 5.74) is 0. The van der Waals surface area contributed by atoms with Crippen LogP contribution in [0.2, 0.25) is 0 Å². The summed E-state index contributed by atoms with van der Waals surface area (Å²) >= 11 is 0. The lowest BCUT2D eigenvalue weighted by atomic mass is 10.0. The van der Waals surface area contributed by atoms with Crippen LogP contribution < -0.4 is 10.6 Å². The number of aliphatic hydroxyl groups excluding tert-OH is 1. The molecule has 2 atom stereocenters. The molecule has 0 saturated carbocycles. The predicted molar refractivity (Wildman–Crippen MR) is 47.4 cm³/mol. The van der Waals surface area contributed by atoms with E-state index in [2.05, 4.69) is 10.6 Å². The van der Waals surface area contributed by atoms with Gasteiger partial charge in [-0.15, -0.1) is 0 Å². The fraction of sp³-hybridized carbons (Fsp3) is 0.875. The van der Waals surface area contributed by atoms with E-state index >= 15 is 0 Å². The second-order valence-corrected chi connectivity index (χ2v) is 3.03. The quantitative estimate of drug-likeness (QED) is 0.544. The molecule has 1 rings (SSSR count). The Labute approximate surface area is 77.5 Å². The van der Waals surface area contributed by atoms with Crippen molar-refractivity contribution in [2.24, 2.45) is 0 Å². The number of hydrogen-bond acceptors (Lipinski definition) is 4. The molecule has 0 aromatic carbocycles. The molecule has 0 radical (unpaired) electrons. The second kappa shape index (κ2) is 5.04. The van der Waals surface area contributed by atoms with Gasteiger partial charge in [-0.1, -0.05) is 0 Å². The van der Waals surface area contributed by atoms with Gasteiger partial charge in [0, 0.05) is 6.54 Å². The van der Waals surface area contributed by atoms with E-state index in [1.165, 1.54) is 0 Å². The summed E-state index contributed by atoms with van der Waals surface area (Å²) in [6.45, 7) is 3.49. The maximum absolute atomic E-state index is 11.0. The molecule has 5 heteroatoms. The van der Waals surface area contributed by atoms with Crippen molar-refractivity contribution in [3.63, 3.8) is 0 Å². The first-order chi connectivity index (χ1) is 6.24. The van der Waals surface area contributed by atoms with Crippen molar-refractivity contribution in [3.05, 3.63) is 0 Å². The number of nitrogens with one attached hydrogen (secondary N) is 2. The van der Waals surface area contributed by atoms with Gasteiger partial charge in [0.05, 0.1) is 18.8 Å². The largest absolute Gasteiger partial charge is 0.450 e. The predicted octanol–water partition coefficient (Wildman–Crippen LogP) is -0.545. The van der Waals surface area contributed by atoms with Crippen LogP contribution in [-0.4, -0.2) is 43.0 Å². The van der Waals surface area contributed by atoms with Crippen molar-refractivity contribution in [2.75, 3.05) is 19.7 Å². The standard InChI is InChI=1S/C8H16N2O3/c1-2-13-8(12)10-6-5-9-4-3-7(6)11/h6-7,9,11H,2-5H2,1H3,(H,10,12). The van der Waals surface area contributed by atoms with Gasteiger partial charge in [0.15, 0.2) is 0 Å². The molecule has 1 heterocycles. The highest BCUT2D eigenvalue weighted by molar-refractivity contribution is 5.67. The molecule has 1 fully saturated rings. The number of rotatable bonds is 2. The zero-order valence-corrected chi connectivity index (χ0v) is 7.75. The van der Waals surface area contributed by atoms with Crippen LogP contribution in [0.15, 0.2) is 0 Å². The van der Waals surface area contributed by atoms with Crippen LogP contribution in [0.4, 0.5) is 4.79 Å². The lowest BCUT2D eigenvalue weighted by molar-refractivity contribution is 0.0877. The van der Waals surface area contributed by atoms with Gasteiger partial charge in [0.2, 0.25) is 0 Å². The maximum atomic E-state index is 11.0. The third-order valence-corrected chi connectivity index (χ3v) is 2.02. The summed E-state index contributed by atoms with van der Waals surface area (Å²) < 4.78 is 4.70. The minimum Gasteiger partial charge on any atom is -0.450 e. The van der Waals surface area contributed by atoms with Gasteiger partial charge in [0.1, 0.15) is 0 Å². The zero-order valence-electron chi connectivity index (χ0n) is 7.75. The molecule has 3 N–H and O–H groups in total. The molecule has 2 unspecified atom stereocenters. The van der Waals surface area contributed by atoms with Crippen LogP contribution in [-0.2, 0) is 4.74 Å². The van der Waals surface area contributed by atoms with E-state index in [-0.39, 0.29) is 6.04 Å². The Morgan fingerprint density at radius 3 is 3.15 bits per heavy atom. The molecule has 0 bridgehead atoms. The highest BCUT2D eigenvalue weighted by Crippen LogP contribution is 2.02. The van der Waals surface area contributed by atoms with Crippen LogP contribution in [0.3, 0.4) is 0 Å². The van der Waals surface area contributed by atoms with E-state index < -0.39 is 12.2 Å². The molecule has 0 aliphatic carbocycles. The van der Waals surface area contributed by atoms with Gasteiger partial charge in [-0.3, -0.25) is 0 Å². The first-order valence-corrected chi connectivity index (χ1v) is 4.56. The number of carbonyl (C=O) groups is 1. The van der Waals surface area contributed by atoms with Gasteiger partial charge in [-0.05, 0) is 19.9 Å². The monoisotopic (exact) mass is 188 g/mol. The number of ether oxygens (including phenoxy) is 1. The summed E-state index contributed by atoms with van der Waals surface area (Å²) in [4.78, 5) is 11.0. The lowest BCUT2D eigenvalue weighted by Crippen LogP contribution is -2.53. The van der Waals surface area contributed by atoms with E-state index in [9.17, 15) is 9.90 Å². The van der Waals surface area contributed by atoms with E-state index in [1.54, 1.807) is 6.92 Å². The number of carbonyl (C=O) groups excluding carboxylic acids is 1. The topological polar surface area (TPSA) is 70.6 Å². The lowest BCUT2D eigenvalue weighted by Gasteiger charge is -2.28. The minimum atomic E-state index is -0.467. The summed E-state index contributed by atoms with van der Waals surface area (Å²) in [5, 5.41) is 15.2. The maximum Gasteiger partial charge on any atom is 0.407 e. The average molecular weight is 188 g/mol. The van der Waals surface area contributed by atoms with Crippen molar-refractivity contribution in [3.8, 4) is 0 Å². The fourth-order valence-corrected chi connectivity index (χ4v) is 1.32. The van der Waals surface area contributed by atoms with E-state index in [0.29, 0.717) is 19.6 Å². The Balaban J connectivity index is 2.29. The van der Waals surface area contributed by atoms with E-state index in [0.717, 1.165) is 6.54 Å². The summed E-state index contributed by atoms with van der Waals surface area (Å²) in [5.74, 6) is 0. The Bertz CT molecular complexity index is 175.